The molecule has 0 aliphatic carbocycles. The number of aryl methyl sites for hydroxylation is 1. The molecule has 0 unspecified atom stereocenters. The van der Waals surface area contributed by atoms with Gasteiger partial charge in [0.15, 0.2) is 5.65 Å². The summed E-state index contributed by atoms with van der Waals surface area (Å²) in [7, 11) is -2.26. The van der Waals surface area contributed by atoms with Gasteiger partial charge in [0.1, 0.15) is 0 Å². The van der Waals surface area contributed by atoms with Crippen molar-refractivity contribution in [2.24, 2.45) is 0 Å². The quantitative estimate of drug-likeness (QED) is 0.541. The summed E-state index contributed by atoms with van der Waals surface area (Å²) in [6.45, 7) is 1.90. The standard InChI is InChI=1S/C19H16N4O3S/c1-13-3-5-17(6-4-13)27(24,25)23-19-16(12-22-23)9-15(11-21-19)14-7-8-20-18(10-14)26-2/h3-12H,1-2H3. The summed E-state index contributed by atoms with van der Waals surface area (Å²) in [5.74, 6) is 0.491. The van der Waals surface area contributed by atoms with E-state index in [2.05, 4.69) is 15.1 Å². The molecule has 0 bridgehead atoms. The molecule has 4 aromatic rings. The first-order chi connectivity index (χ1) is 13.0. The van der Waals surface area contributed by atoms with E-state index in [9.17, 15) is 8.42 Å². The molecule has 3 aromatic heterocycles. The second-order valence-corrected chi connectivity index (χ2v) is 7.80. The lowest BCUT2D eigenvalue weighted by Crippen LogP contribution is -2.14. The smallest absolute Gasteiger partial charge is 0.284 e. The average Bonchev–Trinajstić information content (AvgIpc) is 3.12. The highest BCUT2D eigenvalue weighted by molar-refractivity contribution is 7.90. The van der Waals surface area contributed by atoms with Gasteiger partial charge in [0.25, 0.3) is 10.0 Å². The van der Waals surface area contributed by atoms with E-state index in [4.69, 9.17) is 4.74 Å². The minimum Gasteiger partial charge on any atom is -0.481 e. The maximum Gasteiger partial charge on any atom is 0.284 e. The van der Waals surface area contributed by atoms with E-state index in [0.29, 0.717) is 11.3 Å². The summed E-state index contributed by atoms with van der Waals surface area (Å²) in [4.78, 5) is 8.60. The van der Waals surface area contributed by atoms with Crippen LogP contribution in [-0.2, 0) is 10.0 Å². The summed E-state index contributed by atoms with van der Waals surface area (Å²) in [5, 5.41) is 4.69. The molecule has 0 aliphatic rings. The molecule has 4 rings (SSSR count). The lowest BCUT2D eigenvalue weighted by molar-refractivity contribution is 0.398. The van der Waals surface area contributed by atoms with Crippen molar-refractivity contribution in [2.75, 3.05) is 7.11 Å². The maximum absolute atomic E-state index is 12.9. The molecular formula is C19H16N4O3S. The molecule has 27 heavy (non-hydrogen) atoms. The van der Waals surface area contributed by atoms with E-state index in [1.54, 1.807) is 49.8 Å². The molecule has 0 N–H and O–H groups in total. The second kappa shape index (κ2) is 6.48. The lowest BCUT2D eigenvalue weighted by atomic mass is 10.1. The van der Waals surface area contributed by atoms with Gasteiger partial charge in [-0.3, -0.25) is 0 Å². The Balaban J connectivity index is 1.80. The van der Waals surface area contributed by atoms with Crippen LogP contribution in [0.2, 0.25) is 0 Å². The van der Waals surface area contributed by atoms with E-state index in [1.807, 2.05) is 19.1 Å². The van der Waals surface area contributed by atoms with Gasteiger partial charge in [-0.15, -0.1) is 4.09 Å². The number of fused-ring (bicyclic) bond motifs is 1. The van der Waals surface area contributed by atoms with E-state index >= 15 is 0 Å². The minimum atomic E-state index is -3.81. The summed E-state index contributed by atoms with van der Waals surface area (Å²) in [5.41, 5.74) is 2.94. The van der Waals surface area contributed by atoms with Crippen LogP contribution >= 0.6 is 0 Å². The Morgan fingerprint density at radius 3 is 2.48 bits per heavy atom. The molecule has 0 saturated carbocycles. The van der Waals surface area contributed by atoms with Crippen LogP contribution in [0.4, 0.5) is 0 Å². The fourth-order valence-corrected chi connectivity index (χ4v) is 3.97. The van der Waals surface area contributed by atoms with Crippen LogP contribution < -0.4 is 4.74 Å². The fourth-order valence-electron chi connectivity index (χ4n) is 2.74. The molecule has 0 saturated heterocycles. The summed E-state index contributed by atoms with van der Waals surface area (Å²) < 4.78 is 31.9. The van der Waals surface area contributed by atoms with Crippen LogP contribution in [-0.4, -0.2) is 34.7 Å². The molecule has 0 atom stereocenters. The van der Waals surface area contributed by atoms with Gasteiger partial charge in [-0.25, -0.2) is 9.97 Å². The van der Waals surface area contributed by atoms with Crippen LogP contribution in [0.15, 0.2) is 66.0 Å². The number of aromatic nitrogens is 4. The van der Waals surface area contributed by atoms with Crippen LogP contribution in [0.1, 0.15) is 5.56 Å². The molecule has 0 spiro atoms. The number of hydrogen-bond acceptors (Lipinski definition) is 6. The zero-order valence-electron chi connectivity index (χ0n) is 14.7. The lowest BCUT2D eigenvalue weighted by Gasteiger charge is -2.07. The number of ether oxygens (including phenoxy) is 1. The SMILES string of the molecule is COc1cc(-c2cnc3c(cnn3S(=O)(=O)c3ccc(C)cc3)c2)ccn1. The predicted octanol–water partition coefficient (Wildman–Crippen LogP) is 3.05. The van der Waals surface area contributed by atoms with E-state index in [-0.39, 0.29) is 10.5 Å². The largest absolute Gasteiger partial charge is 0.481 e. The van der Waals surface area contributed by atoms with Crippen LogP contribution in [0.5, 0.6) is 5.88 Å². The highest BCUT2D eigenvalue weighted by Gasteiger charge is 2.21. The van der Waals surface area contributed by atoms with Crippen molar-refractivity contribution in [3.63, 3.8) is 0 Å². The molecule has 136 valence electrons. The van der Waals surface area contributed by atoms with Crippen LogP contribution in [0.25, 0.3) is 22.2 Å². The molecule has 0 radical (unpaired) electrons. The van der Waals surface area contributed by atoms with E-state index in [1.165, 1.54) is 6.20 Å². The Morgan fingerprint density at radius 2 is 1.74 bits per heavy atom. The first kappa shape index (κ1) is 17.2. The highest BCUT2D eigenvalue weighted by atomic mass is 32.2. The zero-order valence-corrected chi connectivity index (χ0v) is 15.5. The minimum absolute atomic E-state index is 0.169. The Hall–Kier alpha value is -3.26. The van der Waals surface area contributed by atoms with E-state index in [0.717, 1.165) is 20.8 Å². The van der Waals surface area contributed by atoms with Crippen molar-refractivity contribution in [3.05, 3.63) is 66.6 Å². The molecule has 1 aromatic carbocycles. The van der Waals surface area contributed by atoms with Gasteiger partial charge in [-0.1, -0.05) is 17.7 Å². The third kappa shape index (κ3) is 3.04. The zero-order chi connectivity index (χ0) is 19.0. The topological polar surface area (TPSA) is 87.0 Å². The summed E-state index contributed by atoms with van der Waals surface area (Å²) >= 11 is 0. The molecule has 3 heterocycles. The summed E-state index contributed by atoms with van der Waals surface area (Å²) in [6.07, 6.45) is 4.75. The number of methoxy groups -OCH3 is 1. The van der Waals surface area contributed by atoms with Crippen molar-refractivity contribution in [3.8, 4) is 17.0 Å². The number of rotatable bonds is 4. The van der Waals surface area contributed by atoms with E-state index < -0.39 is 10.0 Å². The monoisotopic (exact) mass is 380 g/mol. The average molecular weight is 380 g/mol. The summed E-state index contributed by atoms with van der Waals surface area (Å²) in [6, 6.07) is 12.1. The first-order valence-electron chi connectivity index (χ1n) is 8.15. The van der Waals surface area contributed by atoms with Gasteiger partial charge in [-0.05, 0) is 36.8 Å². The van der Waals surface area contributed by atoms with Gasteiger partial charge in [0.05, 0.1) is 18.2 Å². The molecule has 0 aliphatic heterocycles. The maximum atomic E-state index is 12.9. The Morgan fingerprint density at radius 1 is 0.963 bits per heavy atom. The van der Waals surface area contributed by atoms with Crippen molar-refractivity contribution in [2.45, 2.75) is 11.8 Å². The third-order valence-electron chi connectivity index (χ3n) is 4.20. The van der Waals surface area contributed by atoms with Gasteiger partial charge in [0.2, 0.25) is 5.88 Å². The molecular weight excluding hydrogens is 364 g/mol. The number of pyridine rings is 2. The fraction of sp³-hybridized carbons (Fsp3) is 0.105. The van der Waals surface area contributed by atoms with Crippen molar-refractivity contribution >= 4 is 21.1 Å². The third-order valence-corrected chi connectivity index (χ3v) is 5.79. The number of benzene rings is 1. The van der Waals surface area contributed by atoms with Crippen molar-refractivity contribution in [1.29, 1.82) is 0 Å². The first-order valence-corrected chi connectivity index (χ1v) is 9.59. The van der Waals surface area contributed by atoms with Gasteiger partial charge < -0.3 is 4.74 Å². The van der Waals surface area contributed by atoms with Crippen LogP contribution in [0, 0.1) is 6.92 Å². The molecule has 0 amide bonds. The second-order valence-electron chi connectivity index (χ2n) is 6.03. The van der Waals surface area contributed by atoms with Gasteiger partial charge >= 0.3 is 0 Å². The highest BCUT2D eigenvalue weighted by Crippen LogP contribution is 2.26. The number of nitrogens with zero attached hydrogens (tertiary/aromatic N) is 4. The Kier molecular flexibility index (Phi) is 4.12. The molecule has 8 heteroatoms. The van der Waals surface area contributed by atoms with Gasteiger partial charge in [0, 0.05) is 29.4 Å². The van der Waals surface area contributed by atoms with Crippen LogP contribution in [0.3, 0.4) is 0 Å². The normalized spacial score (nSPS) is 11.6. The van der Waals surface area contributed by atoms with Crippen molar-refractivity contribution in [1.82, 2.24) is 19.2 Å². The number of hydrogen-bond donors (Lipinski definition) is 0. The molecule has 7 nitrogen and oxygen atoms in total. The Labute approximate surface area is 156 Å². The van der Waals surface area contributed by atoms with Crippen molar-refractivity contribution < 1.29 is 13.2 Å². The molecule has 0 fully saturated rings. The Bertz CT molecular complexity index is 1230. The van der Waals surface area contributed by atoms with Gasteiger partial charge in [-0.2, -0.15) is 13.5 Å². The predicted molar refractivity (Wildman–Crippen MR) is 101 cm³/mol.